The highest BCUT2D eigenvalue weighted by Crippen LogP contribution is 2.22. The first-order valence-electron chi connectivity index (χ1n) is 6.05. The van der Waals surface area contributed by atoms with Crippen LogP contribution in [-0.4, -0.2) is 38.2 Å². The molecule has 0 amide bonds. The smallest absolute Gasteiger partial charge is 0.122 e. The summed E-state index contributed by atoms with van der Waals surface area (Å²) in [4.78, 5) is 6.79. The first kappa shape index (κ1) is 11.6. The number of aliphatic hydroxyl groups is 1. The Morgan fingerprint density at radius 2 is 2.44 bits per heavy atom. The molecule has 4 heteroatoms. The Balaban J connectivity index is 1.96. The number of likely N-dealkylation sites (tertiary alicyclic amines) is 1. The van der Waals surface area contributed by atoms with Crippen molar-refractivity contribution in [2.45, 2.75) is 44.9 Å². The van der Waals surface area contributed by atoms with Crippen LogP contribution in [0.1, 0.15) is 32.0 Å². The molecule has 0 spiro atoms. The van der Waals surface area contributed by atoms with Gasteiger partial charge in [-0.2, -0.15) is 0 Å². The van der Waals surface area contributed by atoms with Crippen LogP contribution in [0.2, 0.25) is 0 Å². The lowest BCUT2D eigenvalue weighted by molar-refractivity contribution is 0.129. The summed E-state index contributed by atoms with van der Waals surface area (Å²) in [6.07, 6.45) is 6.94. The molecule has 16 heavy (non-hydrogen) atoms. The summed E-state index contributed by atoms with van der Waals surface area (Å²) in [5.41, 5.74) is 0. The van der Waals surface area contributed by atoms with Gasteiger partial charge in [-0.1, -0.05) is 0 Å². The van der Waals surface area contributed by atoms with Gasteiger partial charge in [0, 0.05) is 25.5 Å². The van der Waals surface area contributed by atoms with Crippen molar-refractivity contribution in [1.82, 2.24) is 14.5 Å². The number of aliphatic hydroxyl groups excluding tert-OH is 1. The van der Waals surface area contributed by atoms with Gasteiger partial charge in [0.2, 0.25) is 0 Å². The Bertz CT molecular complexity index is 335. The summed E-state index contributed by atoms with van der Waals surface area (Å²) >= 11 is 0. The lowest BCUT2D eigenvalue weighted by atomic mass is 10.1. The maximum Gasteiger partial charge on any atom is 0.122 e. The molecule has 0 aromatic carbocycles. The third-order valence-electron chi connectivity index (χ3n) is 3.38. The minimum atomic E-state index is -0.202. The average Bonchev–Trinajstić information content (AvgIpc) is 2.78. The van der Waals surface area contributed by atoms with Crippen LogP contribution in [0.5, 0.6) is 0 Å². The molecule has 1 aromatic heterocycles. The van der Waals surface area contributed by atoms with Crippen LogP contribution in [0.4, 0.5) is 0 Å². The molecular weight excluding hydrogens is 202 g/mol. The van der Waals surface area contributed by atoms with Crippen LogP contribution in [0.15, 0.2) is 12.4 Å². The van der Waals surface area contributed by atoms with Gasteiger partial charge in [0.1, 0.15) is 5.82 Å². The highest BCUT2D eigenvalue weighted by Gasteiger charge is 2.26. The predicted octanol–water partition coefficient (Wildman–Crippen LogP) is 1.16. The summed E-state index contributed by atoms with van der Waals surface area (Å²) in [7, 11) is 2.03. The van der Waals surface area contributed by atoms with Crippen LogP contribution < -0.4 is 0 Å². The van der Waals surface area contributed by atoms with Crippen LogP contribution in [0.3, 0.4) is 0 Å². The number of aromatic nitrogens is 2. The molecule has 1 aromatic rings. The molecule has 4 nitrogen and oxygen atoms in total. The Morgan fingerprint density at radius 1 is 1.62 bits per heavy atom. The van der Waals surface area contributed by atoms with Gasteiger partial charge in [0.25, 0.3) is 0 Å². The molecule has 2 heterocycles. The van der Waals surface area contributed by atoms with E-state index < -0.39 is 0 Å². The third kappa shape index (κ3) is 2.62. The highest BCUT2D eigenvalue weighted by molar-refractivity contribution is 4.93. The van der Waals surface area contributed by atoms with E-state index in [1.165, 1.54) is 12.8 Å². The molecule has 1 fully saturated rings. The summed E-state index contributed by atoms with van der Waals surface area (Å²) in [6, 6.07) is 0.525. The standard InChI is InChI=1S/C12H21N3O/c1-10(16)8-11-4-3-6-15(11)9-12-13-5-7-14(12)2/h5,7,10-11,16H,3-4,6,8-9H2,1-2H3. The van der Waals surface area contributed by atoms with Crippen molar-refractivity contribution in [3.8, 4) is 0 Å². The van der Waals surface area contributed by atoms with Gasteiger partial charge in [-0.25, -0.2) is 4.98 Å². The van der Waals surface area contributed by atoms with E-state index in [1.807, 2.05) is 26.4 Å². The van der Waals surface area contributed by atoms with Gasteiger partial charge in [-0.05, 0) is 32.7 Å². The fourth-order valence-corrected chi connectivity index (χ4v) is 2.49. The number of hydrogen-bond acceptors (Lipinski definition) is 3. The summed E-state index contributed by atoms with van der Waals surface area (Å²) < 4.78 is 2.07. The van der Waals surface area contributed by atoms with Crippen molar-refractivity contribution in [3.05, 3.63) is 18.2 Å². The monoisotopic (exact) mass is 223 g/mol. The Kier molecular flexibility index (Phi) is 3.61. The molecule has 1 aliphatic heterocycles. The van der Waals surface area contributed by atoms with E-state index in [0.717, 1.165) is 25.3 Å². The van der Waals surface area contributed by atoms with Crippen molar-refractivity contribution in [2.24, 2.45) is 7.05 Å². The van der Waals surface area contributed by atoms with Crippen LogP contribution in [-0.2, 0) is 13.6 Å². The van der Waals surface area contributed by atoms with Crippen LogP contribution in [0, 0.1) is 0 Å². The van der Waals surface area contributed by atoms with Gasteiger partial charge in [-0.15, -0.1) is 0 Å². The first-order chi connectivity index (χ1) is 7.66. The molecule has 0 radical (unpaired) electrons. The lowest BCUT2D eigenvalue weighted by Crippen LogP contribution is -2.32. The second-order valence-electron chi connectivity index (χ2n) is 4.81. The zero-order valence-corrected chi connectivity index (χ0v) is 10.1. The Morgan fingerprint density at radius 3 is 3.06 bits per heavy atom. The van der Waals surface area contributed by atoms with Crippen LogP contribution >= 0.6 is 0 Å². The average molecular weight is 223 g/mol. The first-order valence-corrected chi connectivity index (χ1v) is 6.05. The van der Waals surface area contributed by atoms with Gasteiger partial charge in [-0.3, -0.25) is 4.90 Å². The van der Waals surface area contributed by atoms with Gasteiger partial charge >= 0.3 is 0 Å². The molecular formula is C12H21N3O. The largest absolute Gasteiger partial charge is 0.393 e. The SMILES string of the molecule is CC(O)CC1CCCN1Cc1nccn1C. The predicted molar refractivity (Wildman–Crippen MR) is 62.9 cm³/mol. The number of hydrogen-bond donors (Lipinski definition) is 1. The van der Waals surface area contributed by atoms with Crippen molar-refractivity contribution in [3.63, 3.8) is 0 Å². The Labute approximate surface area is 96.9 Å². The molecule has 1 aliphatic rings. The van der Waals surface area contributed by atoms with E-state index in [0.29, 0.717) is 6.04 Å². The highest BCUT2D eigenvalue weighted by atomic mass is 16.3. The second-order valence-corrected chi connectivity index (χ2v) is 4.81. The molecule has 0 aliphatic carbocycles. The van der Waals surface area contributed by atoms with Crippen molar-refractivity contribution < 1.29 is 5.11 Å². The second kappa shape index (κ2) is 4.97. The van der Waals surface area contributed by atoms with Gasteiger partial charge < -0.3 is 9.67 Å². The fourth-order valence-electron chi connectivity index (χ4n) is 2.49. The summed E-state index contributed by atoms with van der Waals surface area (Å²) in [6.45, 7) is 3.91. The maximum atomic E-state index is 9.46. The topological polar surface area (TPSA) is 41.3 Å². The number of aryl methyl sites for hydroxylation is 1. The summed E-state index contributed by atoms with van der Waals surface area (Å²) in [5.74, 6) is 1.11. The van der Waals surface area contributed by atoms with Crippen molar-refractivity contribution >= 4 is 0 Å². The minimum absolute atomic E-state index is 0.202. The Hall–Kier alpha value is -0.870. The minimum Gasteiger partial charge on any atom is -0.393 e. The van der Waals surface area contributed by atoms with E-state index in [4.69, 9.17) is 0 Å². The van der Waals surface area contributed by atoms with Crippen molar-refractivity contribution in [1.29, 1.82) is 0 Å². The number of imidazole rings is 1. The number of nitrogens with zero attached hydrogens (tertiary/aromatic N) is 3. The quantitative estimate of drug-likeness (QED) is 0.832. The molecule has 2 rings (SSSR count). The lowest BCUT2D eigenvalue weighted by Gasteiger charge is -2.25. The van der Waals surface area contributed by atoms with Gasteiger partial charge in [0.05, 0.1) is 12.6 Å². The molecule has 2 atom stereocenters. The molecule has 90 valence electrons. The van der Waals surface area contributed by atoms with Gasteiger partial charge in [0.15, 0.2) is 0 Å². The maximum absolute atomic E-state index is 9.46. The molecule has 1 saturated heterocycles. The zero-order valence-electron chi connectivity index (χ0n) is 10.1. The van der Waals surface area contributed by atoms with Crippen LogP contribution in [0.25, 0.3) is 0 Å². The molecule has 0 bridgehead atoms. The van der Waals surface area contributed by atoms with E-state index in [9.17, 15) is 5.11 Å². The van der Waals surface area contributed by atoms with E-state index in [1.54, 1.807) is 0 Å². The van der Waals surface area contributed by atoms with E-state index in [2.05, 4.69) is 14.5 Å². The van der Waals surface area contributed by atoms with E-state index >= 15 is 0 Å². The molecule has 0 saturated carbocycles. The van der Waals surface area contributed by atoms with Crippen molar-refractivity contribution in [2.75, 3.05) is 6.54 Å². The molecule has 2 unspecified atom stereocenters. The fraction of sp³-hybridized carbons (Fsp3) is 0.750. The summed E-state index contributed by atoms with van der Waals surface area (Å²) in [5, 5.41) is 9.46. The normalized spacial score (nSPS) is 23.8. The van der Waals surface area contributed by atoms with E-state index in [-0.39, 0.29) is 6.10 Å². The third-order valence-corrected chi connectivity index (χ3v) is 3.38. The molecule has 1 N–H and O–H groups in total. The number of rotatable bonds is 4. The zero-order chi connectivity index (χ0) is 11.5.